The molecule has 0 spiro atoms. The second kappa shape index (κ2) is 8.10. The molecule has 0 bridgehead atoms. The summed E-state index contributed by atoms with van der Waals surface area (Å²) in [6.45, 7) is 1.13. The summed E-state index contributed by atoms with van der Waals surface area (Å²) in [6.07, 6.45) is 0. The highest BCUT2D eigenvalue weighted by Gasteiger charge is 2.23. The standard InChI is InChI=1S/C19H15ClN2O6/c1-11(17-8-12-4-2-3-5-16(12)28-17)21-18(23)10-27-19(24)14-7-6-13(20)9-15(14)22(25)26/h2-9,11H,10H2,1H3,(H,21,23)/t11-/m1/s1. The molecular weight excluding hydrogens is 388 g/mol. The number of para-hydroxylation sites is 1. The molecule has 0 aliphatic rings. The van der Waals surface area contributed by atoms with Gasteiger partial charge >= 0.3 is 5.97 Å². The van der Waals surface area contributed by atoms with E-state index in [9.17, 15) is 19.7 Å². The zero-order chi connectivity index (χ0) is 20.3. The van der Waals surface area contributed by atoms with Crippen LogP contribution in [0.2, 0.25) is 5.02 Å². The van der Waals surface area contributed by atoms with Crippen molar-refractivity contribution in [1.29, 1.82) is 0 Å². The molecule has 0 saturated heterocycles. The molecule has 1 atom stereocenters. The molecule has 0 unspecified atom stereocenters. The quantitative estimate of drug-likeness (QED) is 0.378. The van der Waals surface area contributed by atoms with Crippen LogP contribution in [0.25, 0.3) is 11.0 Å². The van der Waals surface area contributed by atoms with Gasteiger partial charge in [0, 0.05) is 16.5 Å². The van der Waals surface area contributed by atoms with Gasteiger partial charge in [0.2, 0.25) is 0 Å². The van der Waals surface area contributed by atoms with Crippen LogP contribution in [0, 0.1) is 10.1 Å². The van der Waals surface area contributed by atoms with Gasteiger partial charge in [0.05, 0.1) is 11.0 Å². The van der Waals surface area contributed by atoms with E-state index in [2.05, 4.69) is 5.32 Å². The first-order chi connectivity index (χ1) is 13.3. The summed E-state index contributed by atoms with van der Waals surface area (Å²) in [5, 5.41) is 14.7. The number of carbonyl (C=O) groups excluding carboxylic acids is 2. The lowest BCUT2D eigenvalue weighted by atomic mass is 10.2. The van der Waals surface area contributed by atoms with E-state index < -0.39 is 35.1 Å². The summed E-state index contributed by atoms with van der Waals surface area (Å²) in [6, 6.07) is 12.3. The summed E-state index contributed by atoms with van der Waals surface area (Å²) in [7, 11) is 0. The van der Waals surface area contributed by atoms with Crippen LogP contribution in [0.1, 0.15) is 29.1 Å². The number of nitro benzene ring substituents is 1. The number of fused-ring (bicyclic) bond motifs is 1. The number of hydrogen-bond donors (Lipinski definition) is 1. The first-order valence-electron chi connectivity index (χ1n) is 8.24. The third-order valence-corrected chi connectivity index (χ3v) is 4.19. The largest absolute Gasteiger partial charge is 0.459 e. The highest BCUT2D eigenvalue weighted by molar-refractivity contribution is 6.31. The Kier molecular flexibility index (Phi) is 5.60. The minimum Gasteiger partial charge on any atom is -0.459 e. The van der Waals surface area contributed by atoms with Crippen LogP contribution in [0.3, 0.4) is 0 Å². The van der Waals surface area contributed by atoms with Crippen molar-refractivity contribution < 1.29 is 23.7 Å². The molecule has 3 aromatic rings. The smallest absolute Gasteiger partial charge is 0.345 e. The fourth-order valence-corrected chi connectivity index (χ4v) is 2.77. The highest BCUT2D eigenvalue weighted by Crippen LogP contribution is 2.25. The number of halogens is 1. The molecule has 3 rings (SSSR count). The molecular formula is C19H15ClN2O6. The SMILES string of the molecule is C[C@@H](NC(=O)COC(=O)c1ccc(Cl)cc1[N+](=O)[O-])c1cc2ccccc2o1. The summed E-state index contributed by atoms with van der Waals surface area (Å²) in [5.74, 6) is -1.01. The predicted molar refractivity (Wildman–Crippen MR) is 101 cm³/mol. The Morgan fingerprint density at radius 3 is 2.71 bits per heavy atom. The number of amides is 1. The number of nitrogens with zero attached hydrogens (tertiary/aromatic N) is 1. The average molecular weight is 403 g/mol. The van der Waals surface area contributed by atoms with Crippen LogP contribution in [0.4, 0.5) is 5.69 Å². The number of rotatable bonds is 6. The van der Waals surface area contributed by atoms with Gasteiger partial charge in [-0.2, -0.15) is 0 Å². The Morgan fingerprint density at radius 2 is 2.00 bits per heavy atom. The van der Waals surface area contributed by atoms with Crippen molar-refractivity contribution in [2.75, 3.05) is 6.61 Å². The number of esters is 1. The van der Waals surface area contributed by atoms with Gasteiger partial charge in [0.25, 0.3) is 11.6 Å². The number of ether oxygens (including phenoxy) is 1. The Morgan fingerprint density at radius 1 is 1.25 bits per heavy atom. The molecule has 1 aromatic heterocycles. The fourth-order valence-electron chi connectivity index (χ4n) is 2.61. The van der Waals surface area contributed by atoms with Gasteiger partial charge in [-0.15, -0.1) is 0 Å². The fraction of sp³-hybridized carbons (Fsp3) is 0.158. The van der Waals surface area contributed by atoms with E-state index in [-0.39, 0.29) is 10.6 Å². The Bertz CT molecular complexity index is 1030. The van der Waals surface area contributed by atoms with Gasteiger partial charge in [-0.3, -0.25) is 14.9 Å². The van der Waals surface area contributed by atoms with Crippen LogP contribution in [0.5, 0.6) is 0 Å². The topological polar surface area (TPSA) is 112 Å². The van der Waals surface area contributed by atoms with E-state index in [1.54, 1.807) is 6.92 Å². The number of nitro groups is 1. The third kappa shape index (κ3) is 4.29. The monoisotopic (exact) mass is 402 g/mol. The maximum absolute atomic E-state index is 12.1. The summed E-state index contributed by atoms with van der Waals surface area (Å²) in [4.78, 5) is 34.5. The van der Waals surface area contributed by atoms with Crippen LogP contribution < -0.4 is 5.32 Å². The second-order valence-electron chi connectivity index (χ2n) is 5.97. The van der Waals surface area contributed by atoms with Gasteiger partial charge in [0.15, 0.2) is 6.61 Å². The first-order valence-corrected chi connectivity index (χ1v) is 8.62. The van der Waals surface area contributed by atoms with Crippen molar-refractivity contribution >= 4 is 40.1 Å². The third-order valence-electron chi connectivity index (χ3n) is 3.96. The molecule has 2 aromatic carbocycles. The van der Waals surface area contributed by atoms with Crippen molar-refractivity contribution in [2.45, 2.75) is 13.0 Å². The molecule has 0 fully saturated rings. The van der Waals surface area contributed by atoms with E-state index in [4.69, 9.17) is 20.8 Å². The van der Waals surface area contributed by atoms with Crippen LogP contribution >= 0.6 is 11.6 Å². The van der Waals surface area contributed by atoms with E-state index >= 15 is 0 Å². The molecule has 0 radical (unpaired) electrons. The van der Waals surface area contributed by atoms with E-state index in [1.165, 1.54) is 12.1 Å². The van der Waals surface area contributed by atoms with Gasteiger partial charge in [-0.25, -0.2) is 4.79 Å². The van der Waals surface area contributed by atoms with Gasteiger partial charge < -0.3 is 14.5 Å². The van der Waals surface area contributed by atoms with Crippen molar-refractivity contribution in [2.24, 2.45) is 0 Å². The van der Waals surface area contributed by atoms with Crippen molar-refractivity contribution in [3.63, 3.8) is 0 Å². The van der Waals surface area contributed by atoms with Crippen LogP contribution in [-0.2, 0) is 9.53 Å². The second-order valence-corrected chi connectivity index (χ2v) is 6.41. The minimum absolute atomic E-state index is 0.112. The van der Waals surface area contributed by atoms with Gasteiger partial charge in [-0.05, 0) is 31.2 Å². The van der Waals surface area contributed by atoms with Crippen LogP contribution in [-0.4, -0.2) is 23.4 Å². The Balaban J connectivity index is 1.61. The normalized spacial score (nSPS) is 11.8. The zero-order valence-electron chi connectivity index (χ0n) is 14.7. The summed E-state index contributed by atoms with van der Waals surface area (Å²) >= 11 is 5.71. The molecule has 1 amide bonds. The number of nitrogens with one attached hydrogen (secondary N) is 1. The first kappa shape index (κ1) is 19.4. The average Bonchev–Trinajstić information content (AvgIpc) is 3.10. The molecule has 0 saturated carbocycles. The molecule has 9 heteroatoms. The summed E-state index contributed by atoms with van der Waals surface area (Å²) in [5.41, 5.74) is -0.0823. The number of benzene rings is 2. The molecule has 1 N–H and O–H groups in total. The molecule has 144 valence electrons. The minimum atomic E-state index is -0.991. The van der Waals surface area contributed by atoms with E-state index in [0.29, 0.717) is 11.3 Å². The maximum Gasteiger partial charge on any atom is 0.345 e. The van der Waals surface area contributed by atoms with E-state index in [1.807, 2.05) is 30.3 Å². The van der Waals surface area contributed by atoms with Crippen molar-refractivity contribution in [3.8, 4) is 0 Å². The molecule has 0 aliphatic carbocycles. The maximum atomic E-state index is 12.1. The van der Waals surface area contributed by atoms with Crippen LogP contribution in [0.15, 0.2) is 52.9 Å². The van der Waals surface area contributed by atoms with Gasteiger partial charge in [-0.1, -0.05) is 29.8 Å². The lowest BCUT2D eigenvalue weighted by Crippen LogP contribution is -2.31. The number of furan rings is 1. The summed E-state index contributed by atoms with van der Waals surface area (Å²) < 4.78 is 10.6. The predicted octanol–water partition coefficient (Wildman–Crippen LogP) is 4.03. The van der Waals surface area contributed by atoms with Crippen molar-refractivity contribution in [1.82, 2.24) is 5.32 Å². The lowest BCUT2D eigenvalue weighted by Gasteiger charge is -2.11. The molecule has 1 heterocycles. The van der Waals surface area contributed by atoms with E-state index in [0.717, 1.165) is 11.5 Å². The number of hydrogen-bond acceptors (Lipinski definition) is 6. The highest BCUT2D eigenvalue weighted by atomic mass is 35.5. The number of carbonyl (C=O) groups is 2. The molecule has 28 heavy (non-hydrogen) atoms. The van der Waals surface area contributed by atoms with Crippen molar-refractivity contribution in [3.05, 3.63) is 75.0 Å². The molecule has 0 aliphatic heterocycles. The van der Waals surface area contributed by atoms with Gasteiger partial charge in [0.1, 0.15) is 16.9 Å². The molecule has 8 nitrogen and oxygen atoms in total. The Hall–Kier alpha value is -3.39. The zero-order valence-corrected chi connectivity index (χ0v) is 15.4. The lowest BCUT2D eigenvalue weighted by molar-refractivity contribution is -0.385. The Labute approximate surface area is 164 Å².